The Kier molecular flexibility index (Phi) is 28.7. The average Bonchev–Trinajstić information content (AvgIpc) is 2.20. The van der Waals surface area contributed by atoms with Gasteiger partial charge in [-0.25, -0.2) is 20.4 Å². The van der Waals surface area contributed by atoms with E-state index in [2.05, 4.69) is 11.7 Å². The number of nitrogens with one attached hydrogen (secondary N) is 2. The molecule has 6 nitrogen and oxygen atoms in total. The number of unbranched alkanes of at least 4 members (excludes halogenated alkanes) is 2. The Hall–Kier alpha value is -1.77. The van der Waals surface area contributed by atoms with Crippen LogP contribution in [0.25, 0.3) is 0 Å². The summed E-state index contributed by atoms with van der Waals surface area (Å²) >= 11 is 0. The van der Waals surface area contributed by atoms with E-state index in [9.17, 15) is 4.79 Å². The lowest BCUT2D eigenvalue weighted by molar-refractivity contribution is -0.140. The lowest BCUT2D eigenvalue weighted by atomic mass is 10.2. The molecule has 0 atom stereocenters. The minimum atomic E-state index is -0.0940. The molecule has 0 bridgehead atoms. The first-order valence-corrected chi connectivity index (χ1v) is 4.29. The summed E-state index contributed by atoms with van der Waals surface area (Å²) in [5, 5.41) is 10.8. The van der Waals surface area contributed by atoms with Gasteiger partial charge in [0, 0.05) is 6.42 Å². The molecule has 15 heavy (non-hydrogen) atoms. The molecule has 0 saturated heterocycles. The van der Waals surface area contributed by atoms with Gasteiger partial charge in [0.25, 0.3) is 0 Å². The predicted octanol–water partition coefficient (Wildman–Crippen LogP) is 1.54. The summed E-state index contributed by atoms with van der Waals surface area (Å²) in [5.41, 5.74) is 0. The van der Waals surface area contributed by atoms with Crippen LogP contribution in [0.4, 0.5) is 0 Å². The van der Waals surface area contributed by atoms with Crippen molar-refractivity contribution in [2.75, 3.05) is 7.11 Å². The van der Waals surface area contributed by atoms with Crippen LogP contribution in [-0.2, 0) is 19.1 Å². The van der Waals surface area contributed by atoms with Gasteiger partial charge >= 0.3 is 5.97 Å². The van der Waals surface area contributed by atoms with Crippen molar-refractivity contribution in [3.63, 3.8) is 0 Å². The number of hydrogen-bond acceptors (Lipinski definition) is 6. The van der Waals surface area contributed by atoms with E-state index < -0.39 is 0 Å². The van der Waals surface area contributed by atoms with Crippen LogP contribution in [0.2, 0.25) is 0 Å². The highest BCUT2D eigenvalue weighted by molar-refractivity contribution is 5.68. The molecule has 0 aromatic rings. The zero-order valence-electron chi connectivity index (χ0n) is 8.96. The van der Waals surface area contributed by atoms with E-state index >= 15 is 0 Å². The largest absolute Gasteiger partial charge is 0.469 e. The molecule has 0 unspecified atom stereocenters. The Labute approximate surface area is 88.6 Å². The number of methoxy groups -OCH3 is 1. The number of carbonyl (C=O) groups is 1. The molecule has 0 rings (SSSR count). The van der Waals surface area contributed by atoms with Gasteiger partial charge in [0.15, 0.2) is 0 Å². The van der Waals surface area contributed by atoms with E-state index in [1.165, 1.54) is 7.11 Å². The van der Waals surface area contributed by atoms with Crippen molar-refractivity contribution in [2.45, 2.75) is 32.6 Å². The van der Waals surface area contributed by atoms with Crippen LogP contribution in [-0.4, -0.2) is 25.2 Å². The van der Waals surface area contributed by atoms with E-state index in [-0.39, 0.29) is 5.97 Å². The summed E-state index contributed by atoms with van der Waals surface area (Å²) < 4.78 is 4.46. The van der Waals surface area contributed by atoms with Gasteiger partial charge < -0.3 is 4.74 Å². The summed E-state index contributed by atoms with van der Waals surface area (Å²) in [5.74, 6) is -0.0940. The molecule has 0 heterocycles. The first kappa shape index (κ1) is 18.9. The number of carbonyl (C=O) groups excluding carboxylic acids is 3. The van der Waals surface area contributed by atoms with E-state index in [1.54, 1.807) is 0 Å². The molecule has 0 aromatic carbocycles. The predicted molar refractivity (Wildman–Crippen MR) is 53.0 cm³/mol. The lowest BCUT2D eigenvalue weighted by Crippen LogP contribution is -1.98. The minimum absolute atomic E-state index is 0.0940. The zero-order chi connectivity index (χ0) is 12.5. The van der Waals surface area contributed by atoms with Gasteiger partial charge in [-0.15, -0.1) is 0 Å². The second-order valence-corrected chi connectivity index (χ2v) is 2.24. The Morgan fingerprint density at radius 3 is 1.87 bits per heavy atom. The molecular formula is C9H16N2O4. The topological polar surface area (TPSA) is 108 Å². The Morgan fingerprint density at radius 2 is 1.60 bits per heavy atom. The van der Waals surface area contributed by atoms with Crippen LogP contribution >= 0.6 is 0 Å². The van der Waals surface area contributed by atoms with Crippen molar-refractivity contribution in [1.82, 2.24) is 0 Å². The normalized spacial score (nSPS) is 6.53. The summed E-state index contributed by atoms with van der Waals surface area (Å²) in [6.07, 6.45) is 5.31. The molecule has 0 saturated carbocycles. The Bertz CT molecular complexity index is 192. The molecule has 0 spiro atoms. The van der Waals surface area contributed by atoms with E-state index in [4.69, 9.17) is 20.4 Å². The number of ether oxygens (including phenoxy) is 1. The maximum atomic E-state index is 10.5. The summed E-state index contributed by atoms with van der Waals surface area (Å²) in [6, 6.07) is 0. The standard InChI is InChI=1S/C7H14O2.2CHNO/c1-3-4-5-6-7(8)9-2;2*2-1-3/h3-6H2,1-2H3;2*2H. The first-order chi connectivity index (χ1) is 7.14. The first-order valence-electron chi connectivity index (χ1n) is 4.29. The van der Waals surface area contributed by atoms with E-state index in [0.717, 1.165) is 31.4 Å². The Balaban J connectivity index is -0.000000200. The highest BCUT2D eigenvalue weighted by Crippen LogP contribution is 1.98. The van der Waals surface area contributed by atoms with Crippen molar-refractivity contribution in [1.29, 1.82) is 10.8 Å². The highest BCUT2D eigenvalue weighted by Gasteiger charge is 1.96. The third kappa shape index (κ3) is 46.8. The van der Waals surface area contributed by atoms with Crippen LogP contribution in [0.5, 0.6) is 0 Å². The van der Waals surface area contributed by atoms with Gasteiger partial charge in [0.1, 0.15) is 0 Å². The SMILES string of the molecule is CCCCCC(=O)OC.N=C=O.N=C=O. The van der Waals surface area contributed by atoms with Gasteiger partial charge in [0.05, 0.1) is 7.11 Å². The highest BCUT2D eigenvalue weighted by atomic mass is 16.5. The molecule has 0 radical (unpaired) electrons. The van der Waals surface area contributed by atoms with Crippen LogP contribution in [0.15, 0.2) is 0 Å². The fourth-order valence-electron chi connectivity index (χ4n) is 0.621. The number of rotatable bonds is 4. The van der Waals surface area contributed by atoms with Crippen molar-refractivity contribution < 1.29 is 19.1 Å². The lowest BCUT2D eigenvalue weighted by Gasteiger charge is -1.95. The quantitative estimate of drug-likeness (QED) is 0.321. The van der Waals surface area contributed by atoms with Crippen LogP contribution in [0.1, 0.15) is 32.6 Å². The molecule has 0 fully saturated rings. The third-order valence-corrected chi connectivity index (χ3v) is 1.21. The molecule has 0 aliphatic heterocycles. The van der Waals surface area contributed by atoms with Crippen molar-refractivity contribution in [3.8, 4) is 0 Å². The molecule has 6 heteroatoms. The maximum absolute atomic E-state index is 10.5. The number of isocyanates is 2. The van der Waals surface area contributed by atoms with Gasteiger partial charge in [-0.1, -0.05) is 19.8 Å². The molecule has 0 aromatic heterocycles. The average molecular weight is 216 g/mol. The Morgan fingerprint density at radius 1 is 1.20 bits per heavy atom. The van der Waals surface area contributed by atoms with Crippen LogP contribution < -0.4 is 0 Å². The summed E-state index contributed by atoms with van der Waals surface area (Å²) in [4.78, 5) is 27.2. The molecule has 0 aliphatic carbocycles. The van der Waals surface area contributed by atoms with Crippen LogP contribution in [0.3, 0.4) is 0 Å². The fourth-order valence-corrected chi connectivity index (χ4v) is 0.621. The minimum Gasteiger partial charge on any atom is -0.469 e. The number of hydrogen-bond donors (Lipinski definition) is 2. The monoisotopic (exact) mass is 216 g/mol. The fraction of sp³-hybridized carbons (Fsp3) is 0.667. The third-order valence-electron chi connectivity index (χ3n) is 1.21. The van der Waals surface area contributed by atoms with Gasteiger partial charge in [-0.3, -0.25) is 4.79 Å². The second kappa shape index (κ2) is 22.8. The van der Waals surface area contributed by atoms with E-state index in [1.807, 2.05) is 0 Å². The molecule has 86 valence electrons. The summed E-state index contributed by atoms with van der Waals surface area (Å²) in [7, 11) is 1.42. The molecular weight excluding hydrogens is 200 g/mol. The maximum Gasteiger partial charge on any atom is 0.305 e. The molecule has 0 amide bonds. The van der Waals surface area contributed by atoms with Crippen molar-refractivity contribution >= 4 is 18.1 Å². The molecule has 2 N–H and O–H groups in total. The second-order valence-electron chi connectivity index (χ2n) is 2.24. The van der Waals surface area contributed by atoms with Gasteiger partial charge in [0.2, 0.25) is 12.2 Å². The van der Waals surface area contributed by atoms with Crippen molar-refractivity contribution in [3.05, 3.63) is 0 Å². The molecule has 0 aliphatic rings. The number of esters is 1. The van der Waals surface area contributed by atoms with E-state index in [0.29, 0.717) is 6.42 Å². The smallest absolute Gasteiger partial charge is 0.305 e. The summed E-state index contributed by atoms with van der Waals surface area (Å²) in [6.45, 7) is 2.11. The van der Waals surface area contributed by atoms with Crippen LogP contribution in [0, 0.1) is 10.8 Å². The van der Waals surface area contributed by atoms with Gasteiger partial charge in [-0.05, 0) is 6.42 Å². The zero-order valence-corrected chi connectivity index (χ0v) is 8.96. The van der Waals surface area contributed by atoms with Crippen molar-refractivity contribution in [2.24, 2.45) is 0 Å². The van der Waals surface area contributed by atoms with Gasteiger partial charge in [-0.2, -0.15) is 0 Å².